The maximum atomic E-state index is 5.13. The Balaban J connectivity index is 1.95. The van der Waals surface area contributed by atoms with E-state index < -0.39 is 0 Å². The monoisotopic (exact) mass is 270 g/mol. The van der Waals surface area contributed by atoms with E-state index in [2.05, 4.69) is 25.8 Å². The van der Waals surface area contributed by atoms with Crippen molar-refractivity contribution in [3.8, 4) is 5.75 Å². The first-order valence-electron chi connectivity index (χ1n) is 6.10. The standard InChI is InChI=1S/C13H14N6O/c1-14-13-18-17-12-11(15-7-8-19(12)13)16-9-3-5-10(20-2)6-4-9/h3-8H,1-2H3,(H,14,18)(H,15,16). The van der Waals surface area contributed by atoms with Gasteiger partial charge in [-0.15, -0.1) is 10.2 Å². The smallest absolute Gasteiger partial charge is 0.228 e. The van der Waals surface area contributed by atoms with E-state index in [1.165, 1.54) is 0 Å². The average Bonchev–Trinajstić information content (AvgIpc) is 2.92. The van der Waals surface area contributed by atoms with Gasteiger partial charge in [0.2, 0.25) is 11.6 Å². The zero-order valence-corrected chi connectivity index (χ0v) is 11.2. The average molecular weight is 270 g/mol. The summed E-state index contributed by atoms with van der Waals surface area (Å²) in [6.07, 6.45) is 3.50. The molecule has 102 valence electrons. The van der Waals surface area contributed by atoms with E-state index in [0.717, 1.165) is 11.4 Å². The van der Waals surface area contributed by atoms with Crippen molar-refractivity contribution < 1.29 is 4.74 Å². The molecule has 0 saturated carbocycles. The lowest BCUT2D eigenvalue weighted by Gasteiger charge is -2.07. The third-order valence-electron chi connectivity index (χ3n) is 2.90. The number of anilines is 3. The molecule has 3 aromatic rings. The van der Waals surface area contributed by atoms with Gasteiger partial charge in [0.05, 0.1) is 7.11 Å². The van der Waals surface area contributed by atoms with Gasteiger partial charge in [-0.3, -0.25) is 4.40 Å². The number of ether oxygens (including phenoxy) is 1. The summed E-state index contributed by atoms with van der Waals surface area (Å²) in [5, 5.41) is 14.4. The molecule has 7 nitrogen and oxygen atoms in total. The molecule has 3 rings (SSSR count). The van der Waals surface area contributed by atoms with Crippen molar-refractivity contribution in [2.75, 3.05) is 24.8 Å². The number of methoxy groups -OCH3 is 1. The van der Waals surface area contributed by atoms with E-state index in [9.17, 15) is 0 Å². The molecule has 0 fully saturated rings. The summed E-state index contributed by atoms with van der Waals surface area (Å²) >= 11 is 0. The van der Waals surface area contributed by atoms with Crippen LogP contribution < -0.4 is 15.4 Å². The molecule has 0 radical (unpaired) electrons. The molecule has 1 aromatic carbocycles. The molecule has 0 aliphatic heterocycles. The highest BCUT2D eigenvalue weighted by Crippen LogP contribution is 2.21. The van der Waals surface area contributed by atoms with Gasteiger partial charge in [0.1, 0.15) is 5.75 Å². The fraction of sp³-hybridized carbons (Fsp3) is 0.154. The quantitative estimate of drug-likeness (QED) is 0.754. The van der Waals surface area contributed by atoms with E-state index in [-0.39, 0.29) is 0 Å². The fourth-order valence-corrected chi connectivity index (χ4v) is 1.90. The summed E-state index contributed by atoms with van der Waals surface area (Å²) in [7, 11) is 3.44. The lowest BCUT2D eigenvalue weighted by atomic mass is 10.3. The first-order chi connectivity index (χ1) is 9.81. The Morgan fingerprint density at radius 1 is 1.15 bits per heavy atom. The molecule has 2 N–H and O–H groups in total. The third kappa shape index (κ3) is 2.09. The molecule has 0 saturated heterocycles. The van der Waals surface area contributed by atoms with Gasteiger partial charge in [0.25, 0.3) is 0 Å². The van der Waals surface area contributed by atoms with Crippen LogP contribution in [0.5, 0.6) is 5.75 Å². The van der Waals surface area contributed by atoms with Gasteiger partial charge >= 0.3 is 0 Å². The number of nitrogens with one attached hydrogen (secondary N) is 2. The number of fused-ring (bicyclic) bond motifs is 1. The maximum absolute atomic E-state index is 5.13. The molecule has 0 amide bonds. The van der Waals surface area contributed by atoms with Gasteiger partial charge in [-0.25, -0.2) is 4.98 Å². The van der Waals surface area contributed by atoms with E-state index >= 15 is 0 Å². The van der Waals surface area contributed by atoms with E-state index in [1.807, 2.05) is 28.7 Å². The molecule has 7 heteroatoms. The van der Waals surface area contributed by atoms with Crippen molar-refractivity contribution in [1.82, 2.24) is 19.6 Å². The van der Waals surface area contributed by atoms with Crippen LogP contribution >= 0.6 is 0 Å². The Hall–Kier alpha value is -2.83. The Kier molecular flexibility index (Phi) is 3.08. The predicted octanol–water partition coefficient (Wildman–Crippen LogP) is 1.92. The lowest BCUT2D eigenvalue weighted by Crippen LogP contribution is -2.00. The van der Waals surface area contributed by atoms with Crippen LogP contribution in [0.15, 0.2) is 36.7 Å². The van der Waals surface area contributed by atoms with Crippen LogP contribution in [0.25, 0.3) is 5.65 Å². The topological polar surface area (TPSA) is 76.4 Å². The summed E-state index contributed by atoms with van der Waals surface area (Å²) in [6, 6.07) is 7.59. The highest BCUT2D eigenvalue weighted by atomic mass is 16.5. The van der Waals surface area contributed by atoms with Gasteiger partial charge in [-0.2, -0.15) is 0 Å². The minimum atomic E-state index is 0.645. The number of rotatable bonds is 4. The molecule has 20 heavy (non-hydrogen) atoms. The van der Waals surface area contributed by atoms with Gasteiger partial charge < -0.3 is 15.4 Å². The second-order valence-electron chi connectivity index (χ2n) is 4.10. The second kappa shape index (κ2) is 5.04. The third-order valence-corrected chi connectivity index (χ3v) is 2.90. The largest absolute Gasteiger partial charge is 0.497 e. The fourth-order valence-electron chi connectivity index (χ4n) is 1.90. The number of hydrogen-bond donors (Lipinski definition) is 2. The van der Waals surface area contributed by atoms with Crippen LogP contribution in [0.2, 0.25) is 0 Å². The van der Waals surface area contributed by atoms with Crippen molar-refractivity contribution in [1.29, 1.82) is 0 Å². The Morgan fingerprint density at radius 2 is 1.95 bits per heavy atom. The summed E-state index contributed by atoms with van der Waals surface area (Å²) in [5.74, 6) is 2.12. The molecule has 0 atom stereocenters. The van der Waals surface area contributed by atoms with Crippen molar-refractivity contribution in [2.24, 2.45) is 0 Å². The van der Waals surface area contributed by atoms with Crippen LogP contribution in [-0.2, 0) is 0 Å². The zero-order valence-electron chi connectivity index (χ0n) is 11.2. The van der Waals surface area contributed by atoms with E-state index in [4.69, 9.17) is 4.74 Å². The molecule has 0 bridgehead atoms. The highest BCUT2D eigenvalue weighted by molar-refractivity contribution is 5.70. The summed E-state index contributed by atoms with van der Waals surface area (Å²) < 4.78 is 6.96. The van der Waals surface area contributed by atoms with E-state index in [0.29, 0.717) is 17.4 Å². The highest BCUT2D eigenvalue weighted by Gasteiger charge is 2.09. The SMILES string of the molecule is CNc1nnc2c(Nc3ccc(OC)cc3)nccn12. The van der Waals surface area contributed by atoms with Crippen molar-refractivity contribution in [3.63, 3.8) is 0 Å². The number of hydrogen-bond acceptors (Lipinski definition) is 6. The zero-order chi connectivity index (χ0) is 13.9. The molecule has 2 aromatic heterocycles. The van der Waals surface area contributed by atoms with Crippen LogP contribution in [0.1, 0.15) is 0 Å². The van der Waals surface area contributed by atoms with Crippen molar-refractivity contribution in [3.05, 3.63) is 36.7 Å². The molecule has 0 aliphatic rings. The normalized spacial score (nSPS) is 10.5. The molecular weight excluding hydrogens is 256 g/mol. The maximum Gasteiger partial charge on any atom is 0.228 e. The number of benzene rings is 1. The van der Waals surface area contributed by atoms with Gasteiger partial charge in [0, 0.05) is 25.1 Å². The first kappa shape index (κ1) is 12.2. The number of nitrogens with zero attached hydrogens (tertiary/aromatic N) is 4. The molecule has 0 aliphatic carbocycles. The Bertz CT molecular complexity index is 721. The lowest BCUT2D eigenvalue weighted by molar-refractivity contribution is 0.415. The molecular formula is C13H14N6O. The van der Waals surface area contributed by atoms with Crippen molar-refractivity contribution >= 4 is 23.1 Å². The summed E-state index contributed by atoms with van der Waals surface area (Å²) in [6.45, 7) is 0. The summed E-state index contributed by atoms with van der Waals surface area (Å²) in [5.41, 5.74) is 1.56. The molecule has 0 unspecified atom stereocenters. The van der Waals surface area contributed by atoms with E-state index in [1.54, 1.807) is 26.6 Å². The second-order valence-corrected chi connectivity index (χ2v) is 4.10. The van der Waals surface area contributed by atoms with Gasteiger partial charge in [-0.1, -0.05) is 0 Å². The summed E-state index contributed by atoms with van der Waals surface area (Å²) in [4.78, 5) is 4.30. The van der Waals surface area contributed by atoms with Crippen molar-refractivity contribution in [2.45, 2.75) is 0 Å². The minimum Gasteiger partial charge on any atom is -0.497 e. The molecule has 0 spiro atoms. The van der Waals surface area contributed by atoms with Crippen LogP contribution in [0, 0.1) is 0 Å². The van der Waals surface area contributed by atoms with Gasteiger partial charge in [-0.05, 0) is 24.3 Å². The van der Waals surface area contributed by atoms with Gasteiger partial charge in [0.15, 0.2) is 5.82 Å². The molecule has 2 heterocycles. The predicted molar refractivity (Wildman–Crippen MR) is 76.6 cm³/mol. The van der Waals surface area contributed by atoms with Crippen LogP contribution in [0.4, 0.5) is 17.5 Å². The first-order valence-corrected chi connectivity index (χ1v) is 6.10. The Morgan fingerprint density at radius 3 is 2.65 bits per heavy atom. The minimum absolute atomic E-state index is 0.645. The van der Waals surface area contributed by atoms with Crippen LogP contribution in [0.3, 0.4) is 0 Å². The number of aromatic nitrogens is 4. The van der Waals surface area contributed by atoms with Crippen LogP contribution in [-0.4, -0.2) is 33.7 Å². The Labute approximate surface area is 115 Å².